The highest BCUT2D eigenvalue weighted by atomic mass is 79.9. The van der Waals surface area contributed by atoms with Crippen molar-refractivity contribution in [2.45, 2.75) is 23.8 Å². The number of amides is 1. The van der Waals surface area contributed by atoms with Crippen LogP contribution in [-0.4, -0.2) is 27.5 Å². The summed E-state index contributed by atoms with van der Waals surface area (Å²) in [6.07, 6.45) is 1.65. The molecule has 0 unspecified atom stereocenters. The number of methoxy groups -OCH3 is 1. The van der Waals surface area contributed by atoms with Crippen LogP contribution in [0.1, 0.15) is 23.2 Å². The van der Waals surface area contributed by atoms with Crippen LogP contribution in [0.15, 0.2) is 51.8 Å². The summed E-state index contributed by atoms with van der Waals surface area (Å²) in [7, 11) is -2.34. The minimum Gasteiger partial charge on any atom is -0.495 e. The fourth-order valence-electron chi connectivity index (χ4n) is 2.25. The van der Waals surface area contributed by atoms with Crippen molar-refractivity contribution in [1.82, 2.24) is 4.72 Å². The molecular weight excluding hydrogens is 408 g/mol. The molecule has 1 fully saturated rings. The predicted molar refractivity (Wildman–Crippen MR) is 98.4 cm³/mol. The Bertz CT molecular complexity index is 893. The third kappa shape index (κ3) is 4.39. The molecule has 0 atom stereocenters. The zero-order chi connectivity index (χ0) is 18.0. The Labute approximate surface area is 154 Å². The van der Waals surface area contributed by atoms with E-state index in [1.807, 2.05) is 0 Å². The van der Waals surface area contributed by atoms with E-state index in [-0.39, 0.29) is 22.3 Å². The average Bonchev–Trinajstić information content (AvgIpc) is 3.39. The number of carbonyl (C=O) groups excluding carboxylic acids is 1. The van der Waals surface area contributed by atoms with Crippen LogP contribution < -0.4 is 14.8 Å². The lowest BCUT2D eigenvalue weighted by molar-refractivity contribution is 0.102. The van der Waals surface area contributed by atoms with Crippen molar-refractivity contribution in [3.63, 3.8) is 0 Å². The quantitative estimate of drug-likeness (QED) is 0.745. The lowest BCUT2D eigenvalue weighted by Gasteiger charge is -2.12. The highest BCUT2D eigenvalue weighted by molar-refractivity contribution is 9.10. The molecule has 0 radical (unpaired) electrons. The molecule has 3 rings (SSSR count). The van der Waals surface area contributed by atoms with Gasteiger partial charge in [0.1, 0.15) is 10.6 Å². The van der Waals surface area contributed by atoms with E-state index in [0.717, 1.165) is 17.3 Å². The van der Waals surface area contributed by atoms with Gasteiger partial charge in [0.05, 0.1) is 7.11 Å². The number of carbonyl (C=O) groups is 1. The minimum absolute atomic E-state index is 0.0324. The van der Waals surface area contributed by atoms with Gasteiger partial charge in [-0.3, -0.25) is 4.79 Å². The van der Waals surface area contributed by atoms with Gasteiger partial charge in [0, 0.05) is 21.8 Å². The summed E-state index contributed by atoms with van der Waals surface area (Å²) in [6.45, 7) is 0. The summed E-state index contributed by atoms with van der Waals surface area (Å²) in [5, 5.41) is 2.74. The molecule has 0 spiro atoms. The summed E-state index contributed by atoms with van der Waals surface area (Å²) in [6, 6.07) is 11.4. The maximum atomic E-state index is 12.5. The van der Waals surface area contributed by atoms with Crippen molar-refractivity contribution >= 4 is 37.5 Å². The van der Waals surface area contributed by atoms with Gasteiger partial charge in [0.25, 0.3) is 5.91 Å². The lowest BCUT2D eigenvalue weighted by Crippen LogP contribution is -2.26. The zero-order valence-electron chi connectivity index (χ0n) is 13.5. The normalized spacial score (nSPS) is 14.2. The van der Waals surface area contributed by atoms with Crippen molar-refractivity contribution < 1.29 is 17.9 Å². The zero-order valence-corrected chi connectivity index (χ0v) is 15.9. The number of halogens is 1. The van der Waals surface area contributed by atoms with Crippen LogP contribution in [0.25, 0.3) is 0 Å². The van der Waals surface area contributed by atoms with E-state index < -0.39 is 15.9 Å². The van der Waals surface area contributed by atoms with Crippen molar-refractivity contribution in [2.24, 2.45) is 0 Å². The van der Waals surface area contributed by atoms with Crippen LogP contribution in [0.5, 0.6) is 5.75 Å². The Morgan fingerprint density at radius 2 is 1.84 bits per heavy atom. The van der Waals surface area contributed by atoms with Gasteiger partial charge in [-0.15, -0.1) is 0 Å². The Hall–Kier alpha value is -1.90. The van der Waals surface area contributed by atoms with Crippen LogP contribution in [0.2, 0.25) is 0 Å². The van der Waals surface area contributed by atoms with Crippen LogP contribution in [0.4, 0.5) is 5.69 Å². The third-order valence-corrected chi connectivity index (χ3v) is 5.79. The fraction of sp³-hybridized carbons (Fsp3) is 0.235. The third-order valence-electron chi connectivity index (χ3n) is 3.72. The van der Waals surface area contributed by atoms with Crippen LogP contribution in [-0.2, 0) is 10.0 Å². The largest absolute Gasteiger partial charge is 0.495 e. The number of benzene rings is 2. The molecule has 2 aromatic carbocycles. The second-order valence-corrected chi connectivity index (χ2v) is 8.32. The Balaban J connectivity index is 1.87. The number of sulfonamides is 1. The minimum atomic E-state index is -3.74. The molecule has 1 saturated carbocycles. The van der Waals surface area contributed by atoms with Crippen molar-refractivity contribution in [1.29, 1.82) is 0 Å². The van der Waals surface area contributed by atoms with E-state index in [2.05, 4.69) is 26.0 Å². The summed E-state index contributed by atoms with van der Waals surface area (Å²) in [5.41, 5.74) is 0.851. The Morgan fingerprint density at radius 3 is 2.44 bits per heavy atom. The number of nitrogens with one attached hydrogen (secondary N) is 2. The molecule has 1 amide bonds. The van der Waals surface area contributed by atoms with E-state index in [1.165, 1.54) is 25.3 Å². The standard InChI is InChI=1S/C17H17BrN2O4S/c1-24-15-9-2-11(10-16(15)25(22,23)20-14-7-8-14)17(21)19-13-5-3-12(18)4-6-13/h2-6,9-10,14,20H,7-8H2,1H3,(H,19,21). The molecule has 2 N–H and O–H groups in total. The molecular formula is C17H17BrN2O4S. The van der Waals surface area contributed by atoms with Gasteiger partial charge in [-0.2, -0.15) is 0 Å². The molecule has 6 nitrogen and oxygen atoms in total. The molecule has 0 aromatic heterocycles. The van der Waals surface area contributed by atoms with E-state index in [4.69, 9.17) is 4.74 Å². The maximum Gasteiger partial charge on any atom is 0.255 e. The molecule has 0 heterocycles. The molecule has 0 saturated heterocycles. The van der Waals surface area contributed by atoms with Gasteiger partial charge in [0.15, 0.2) is 0 Å². The van der Waals surface area contributed by atoms with Crippen molar-refractivity contribution in [2.75, 3.05) is 12.4 Å². The first-order valence-electron chi connectivity index (χ1n) is 7.66. The smallest absolute Gasteiger partial charge is 0.255 e. The topological polar surface area (TPSA) is 84.5 Å². The Morgan fingerprint density at radius 1 is 1.16 bits per heavy atom. The fourth-order valence-corrected chi connectivity index (χ4v) is 4.01. The molecule has 132 valence electrons. The average molecular weight is 425 g/mol. The first-order valence-corrected chi connectivity index (χ1v) is 9.94. The molecule has 0 aliphatic heterocycles. The molecule has 2 aromatic rings. The molecule has 8 heteroatoms. The first kappa shape index (κ1) is 17.9. The van der Waals surface area contributed by atoms with Gasteiger partial charge in [-0.25, -0.2) is 13.1 Å². The van der Waals surface area contributed by atoms with Crippen molar-refractivity contribution in [3.05, 3.63) is 52.5 Å². The van der Waals surface area contributed by atoms with Gasteiger partial charge >= 0.3 is 0 Å². The van der Waals surface area contributed by atoms with Gasteiger partial charge in [0.2, 0.25) is 10.0 Å². The second kappa shape index (κ2) is 7.15. The number of hydrogen-bond donors (Lipinski definition) is 2. The monoisotopic (exact) mass is 424 g/mol. The summed E-state index contributed by atoms with van der Waals surface area (Å²) in [4.78, 5) is 12.4. The summed E-state index contributed by atoms with van der Waals surface area (Å²) < 4.78 is 33.6. The van der Waals surface area contributed by atoms with E-state index in [0.29, 0.717) is 5.69 Å². The van der Waals surface area contributed by atoms with E-state index in [9.17, 15) is 13.2 Å². The summed E-state index contributed by atoms with van der Waals surface area (Å²) in [5.74, 6) is -0.193. The van der Waals surface area contributed by atoms with Crippen LogP contribution in [0.3, 0.4) is 0 Å². The van der Waals surface area contributed by atoms with E-state index >= 15 is 0 Å². The summed E-state index contributed by atoms with van der Waals surface area (Å²) >= 11 is 3.33. The number of anilines is 1. The highest BCUT2D eigenvalue weighted by Crippen LogP contribution is 2.28. The first-order chi connectivity index (χ1) is 11.9. The lowest BCUT2D eigenvalue weighted by atomic mass is 10.2. The van der Waals surface area contributed by atoms with E-state index in [1.54, 1.807) is 24.3 Å². The number of hydrogen-bond acceptors (Lipinski definition) is 4. The second-order valence-electron chi connectivity index (χ2n) is 5.72. The maximum absolute atomic E-state index is 12.5. The Kier molecular flexibility index (Phi) is 5.12. The van der Waals surface area contributed by atoms with Crippen LogP contribution >= 0.6 is 15.9 Å². The van der Waals surface area contributed by atoms with Gasteiger partial charge < -0.3 is 10.1 Å². The van der Waals surface area contributed by atoms with Crippen molar-refractivity contribution in [3.8, 4) is 5.75 Å². The number of ether oxygens (including phenoxy) is 1. The predicted octanol–water partition coefficient (Wildman–Crippen LogP) is 3.15. The van der Waals surface area contributed by atoms with Gasteiger partial charge in [-0.05, 0) is 55.3 Å². The molecule has 0 bridgehead atoms. The van der Waals surface area contributed by atoms with Crippen LogP contribution in [0, 0.1) is 0 Å². The number of rotatable bonds is 6. The molecule has 25 heavy (non-hydrogen) atoms. The molecule has 1 aliphatic carbocycles. The SMILES string of the molecule is COc1ccc(C(=O)Nc2ccc(Br)cc2)cc1S(=O)(=O)NC1CC1. The molecule has 1 aliphatic rings. The van der Waals surface area contributed by atoms with Gasteiger partial charge in [-0.1, -0.05) is 15.9 Å². The highest BCUT2D eigenvalue weighted by Gasteiger charge is 2.30.